The van der Waals surface area contributed by atoms with Crippen molar-refractivity contribution < 1.29 is 13.9 Å². The molecule has 0 radical (unpaired) electrons. The third kappa shape index (κ3) is 2.34. The summed E-state index contributed by atoms with van der Waals surface area (Å²) in [6.07, 6.45) is 1.21. The molecule has 104 valence electrons. The summed E-state index contributed by atoms with van der Waals surface area (Å²) in [5, 5.41) is 10.5. The van der Waals surface area contributed by atoms with Gasteiger partial charge in [0.05, 0.1) is 6.10 Å². The Bertz CT molecular complexity index is 606. The topological polar surface area (TPSA) is 20.2 Å². The van der Waals surface area contributed by atoms with Crippen LogP contribution in [0.5, 0.6) is 0 Å². The van der Waals surface area contributed by atoms with Gasteiger partial charge in [-0.05, 0) is 42.2 Å². The van der Waals surface area contributed by atoms with Gasteiger partial charge in [0.2, 0.25) is 0 Å². The fourth-order valence-corrected chi connectivity index (χ4v) is 2.82. The summed E-state index contributed by atoms with van der Waals surface area (Å²) in [5.74, 6) is -0.938. The van der Waals surface area contributed by atoms with E-state index in [2.05, 4.69) is 0 Å². The molecule has 2 aromatic rings. The maximum absolute atomic E-state index is 13.7. The summed E-state index contributed by atoms with van der Waals surface area (Å²) in [7, 11) is 0. The maximum atomic E-state index is 13.7. The molecule has 1 aliphatic carbocycles. The number of benzene rings is 2. The van der Waals surface area contributed by atoms with Crippen LogP contribution in [0.15, 0.2) is 48.5 Å². The van der Waals surface area contributed by atoms with Crippen molar-refractivity contribution in [2.45, 2.75) is 30.8 Å². The fourth-order valence-electron chi connectivity index (χ4n) is 2.82. The molecule has 0 spiro atoms. The highest BCUT2D eigenvalue weighted by atomic mass is 19.1. The first-order chi connectivity index (χ1) is 9.62. The van der Waals surface area contributed by atoms with E-state index >= 15 is 0 Å². The molecule has 0 aliphatic heterocycles. The van der Waals surface area contributed by atoms with Crippen LogP contribution in [0.4, 0.5) is 8.78 Å². The second-order valence-corrected chi connectivity index (χ2v) is 5.48. The second-order valence-electron chi connectivity index (χ2n) is 5.48. The highest BCUT2D eigenvalue weighted by molar-refractivity contribution is 5.34. The number of aliphatic hydroxyl groups is 1. The van der Waals surface area contributed by atoms with Gasteiger partial charge in [0, 0.05) is 11.8 Å². The quantitative estimate of drug-likeness (QED) is 0.903. The zero-order valence-corrected chi connectivity index (χ0v) is 11.0. The van der Waals surface area contributed by atoms with Crippen molar-refractivity contribution in [1.82, 2.24) is 0 Å². The summed E-state index contributed by atoms with van der Waals surface area (Å²) in [6, 6.07) is 13.1. The van der Waals surface area contributed by atoms with Crippen molar-refractivity contribution in [3.8, 4) is 0 Å². The summed E-state index contributed by atoms with van der Waals surface area (Å²) < 4.78 is 26.8. The fraction of sp³-hybridized carbons (Fsp3) is 0.294. The minimum atomic E-state index is -0.693. The molecule has 0 aromatic heterocycles. The van der Waals surface area contributed by atoms with Crippen LogP contribution in [0, 0.1) is 11.6 Å². The zero-order valence-electron chi connectivity index (χ0n) is 11.0. The molecule has 0 saturated heterocycles. The molecule has 1 atom stereocenters. The molecular weight excluding hydrogens is 258 g/mol. The third-order valence-electron chi connectivity index (χ3n) is 4.20. The number of halogens is 2. The summed E-state index contributed by atoms with van der Waals surface area (Å²) >= 11 is 0. The van der Waals surface area contributed by atoms with Gasteiger partial charge in [-0.2, -0.15) is 0 Å². The number of hydrogen-bond acceptors (Lipinski definition) is 1. The molecule has 1 saturated carbocycles. The Kier molecular flexibility index (Phi) is 3.30. The van der Waals surface area contributed by atoms with Crippen LogP contribution in [-0.4, -0.2) is 11.2 Å². The van der Waals surface area contributed by atoms with Gasteiger partial charge < -0.3 is 5.11 Å². The normalized spacial score (nSPS) is 17.8. The third-order valence-corrected chi connectivity index (χ3v) is 4.20. The lowest BCUT2D eigenvalue weighted by Crippen LogP contribution is -2.28. The first-order valence-corrected chi connectivity index (χ1v) is 6.79. The van der Waals surface area contributed by atoms with Crippen LogP contribution in [-0.2, 0) is 11.8 Å². The molecule has 3 heteroatoms. The van der Waals surface area contributed by atoms with Crippen LogP contribution in [0.1, 0.15) is 24.0 Å². The Morgan fingerprint density at radius 2 is 1.75 bits per heavy atom. The van der Waals surface area contributed by atoms with Gasteiger partial charge in [0.15, 0.2) is 0 Å². The van der Waals surface area contributed by atoms with Crippen LogP contribution in [0.25, 0.3) is 0 Å². The first kappa shape index (κ1) is 13.3. The van der Waals surface area contributed by atoms with Gasteiger partial charge in [0.1, 0.15) is 11.6 Å². The molecule has 0 heterocycles. The van der Waals surface area contributed by atoms with E-state index in [1.54, 1.807) is 0 Å². The number of hydrogen-bond donors (Lipinski definition) is 1. The Morgan fingerprint density at radius 1 is 1.05 bits per heavy atom. The molecule has 0 bridgehead atoms. The minimum Gasteiger partial charge on any atom is -0.392 e. The highest BCUT2D eigenvalue weighted by Gasteiger charge is 2.50. The Hall–Kier alpha value is -1.74. The van der Waals surface area contributed by atoms with Gasteiger partial charge >= 0.3 is 0 Å². The SMILES string of the molecule is OC(Cc1cc(F)ccc1F)C1(c2ccccc2)CC1. The summed E-state index contributed by atoms with van der Waals surface area (Å²) in [6.45, 7) is 0. The van der Waals surface area contributed by atoms with E-state index in [0.29, 0.717) is 0 Å². The van der Waals surface area contributed by atoms with Crippen LogP contribution in [0.3, 0.4) is 0 Å². The average molecular weight is 274 g/mol. The zero-order chi connectivity index (χ0) is 14.2. The number of aliphatic hydroxyl groups excluding tert-OH is 1. The van der Waals surface area contributed by atoms with Crippen molar-refractivity contribution in [3.05, 3.63) is 71.3 Å². The molecule has 20 heavy (non-hydrogen) atoms. The van der Waals surface area contributed by atoms with Crippen molar-refractivity contribution in [2.75, 3.05) is 0 Å². The van der Waals surface area contributed by atoms with Crippen LogP contribution < -0.4 is 0 Å². The lowest BCUT2D eigenvalue weighted by molar-refractivity contribution is 0.130. The summed E-state index contributed by atoms with van der Waals surface area (Å²) in [4.78, 5) is 0. The first-order valence-electron chi connectivity index (χ1n) is 6.79. The van der Waals surface area contributed by atoms with Crippen LogP contribution >= 0.6 is 0 Å². The Labute approximate surface area is 116 Å². The predicted molar refractivity (Wildman–Crippen MR) is 73.4 cm³/mol. The minimum absolute atomic E-state index is 0.137. The molecule has 1 unspecified atom stereocenters. The molecule has 1 nitrogen and oxygen atoms in total. The van der Waals surface area contributed by atoms with E-state index in [1.165, 1.54) is 6.07 Å². The van der Waals surface area contributed by atoms with Crippen molar-refractivity contribution in [1.29, 1.82) is 0 Å². The van der Waals surface area contributed by atoms with E-state index in [9.17, 15) is 13.9 Å². The van der Waals surface area contributed by atoms with Crippen molar-refractivity contribution in [3.63, 3.8) is 0 Å². The lowest BCUT2D eigenvalue weighted by Gasteiger charge is -2.23. The molecule has 1 aliphatic rings. The number of rotatable bonds is 4. The molecular formula is C17H16F2O. The maximum Gasteiger partial charge on any atom is 0.126 e. The van der Waals surface area contributed by atoms with Gasteiger partial charge in [-0.3, -0.25) is 0 Å². The molecule has 1 fully saturated rings. The van der Waals surface area contributed by atoms with Gasteiger partial charge in [0.25, 0.3) is 0 Å². The largest absolute Gasteiger partial charge is 0.392 e. The Balaban J connectivity index is 1.83. The van der Waals surface area contributed by atoms with E-state index in [1.807, 2.05) is 30.3 Å². The van der Waals surface area contributed by atoms with Gasteiger partial charge in [-0.1, -0.05) is 30.3 Å². The predicted octanol–water partition coefficient (Wildman–Crippen LogP) is 3.60. The standard InChI is InChI=1S/C17H16F2O/c18-14-6-7-15(19)12(10-14)11-16(20)17(8-9-17)13-4-2-1-3-5-13/h1-7,10,16,20H,8-9,11H2. The Morgan fingerprint density at radius 3 is 2.40 bits per heavy atom. The average Bonchev–Trinajstić information content (AvgIpc) is 3.25. The smallest absolute Gasteiger partial charge is 0.126 e. The van der Waals surface area contributed by atoms with E-state index in [0.717, 1.165) is 30.5 Å². The molecule has 0 amide bonds. The monoisotopic (exact) mass is 274 g/mol. The van der Waals surface area contributed by atoms with E-state index in [4.69, 9.17) is 0 Å². The summed E-state index contributed by atoms with van der Waals surface area (Å²) in [5.41, 5.74) is 1.02. The molecule has 2 aromatic carbocycles. The van der Waals surface area contributed by atoms with Gasteiger partial charge in [-0.25, -0.2) is 8.78 Å². The van der Waals surface area contributed by atoms with E-state index in [-0.39, 0.29) is 17.4 Å². The van der Waals surface area contributed by atoms with E-state index < -0.39 is 17.7 Å². The van der Waals surface area contributed by atoms with Crippen molar-refractivity contribution in [2.24, 2.45) is 0 Å². The highest BCUT2D eigenvalue weighted by Crippen LogP contribution is 2.51. The van der Waals surface area contributed by atoms with Crippen molar-refractivity contribution >= 4 is 0 Å². The van der Waals surface area contributed by atoms with Crippen LogP contribution in [0.2, 0.25) is 0 Å². The molecule has 1 N–H and O–H groups in total. The van der Waals surface area contributed by atoms with Gasteiger partial charge in [-0.15, -0.1) is 0 Å². The second kappa shape index (κ2) is 4.98. The molecule has 3 rings (SSSR count). The lowest BCUT2D eigenvalue weighted by atomic mass is 9.86.